The first-order valence-electron chi connectivity index (χ1n) is 15.0. The largest absolute Gasteiger partial charge is 0.449 e. The number of ether oxygens (including phenoxy) is 3. The van der Waals surface area contributed by atoms with Gasteiger partial charge in [0.15, 0.2) is 17.3 Å². The molecule has 0 bridgehead atoms. The highest BCUT2D eigenvalue weighted by Crippen LogP contribution is 2.32. The maximum atomic E-state index is 14.5. The summed E-state index contributed by atoms with van der Waals surface area (Å²) in [7, 11) is 0. The van der Waals surface area contributed by atoms with Crippen molar-refractivity contribution in [1.29, 1.82) is 0 Å². The minimum Gasteiger partial charge on any atom is -0.444 e. The van der Waals surface area contributed by atoms with E-state index in [-0.39, 0.29) is 63.9 Å². The van der Waals surface area contributed by atoms with Gasteiger partial charge in [0, 0.05) is 49.6 Å². The van der Waals surface area contributed by atoms with Gasteiger partial charge >= 0.3 is 12.3 Å². The molecule has 20 heteroatoms. The lowest BCUT2D eigenvalue weighted by atomic mass is 10.0. The third-order valence-electron chi connectivity index (χ3n) is 6.83. The van der Waals surface area contributed by atoms with Crippen molar-refractivity contribution >= 4 is 17.9 Å². The zero-order valence-electron chi connectivity index (χ0n) is 26.9. The Morgan fingerprint density at radius 1 is 1.02 bits per heavy atom. The number of amides is 3. The molecule has 49 heavy (non-hydrogen) atoms. The number of fused-ring (bicyclic) bond motifs is 1. The van der Waals surface area contributed by atoms with Gasteiger partial charge in [0.1, 0.15) is 11.4 Å². The number of azide groups is 1. The highest BCUT2D eigenvalue weighted by atomic mass is 19.4. The summed E-state index contributed by atoms with van der Waals surface area (Å²) in [5.41, 5.74) is 6.15. The van der Waals surface area contributed by atoms with Crippen LogP contribution in [0.5, 0.6) is 0 Å². The highest BCUT2D eigenvalue weighted by molar-refractivity contribution is 5.93. The number of imidazole rings is 1. The summed E-state index contributed by atoms with van der Waals surface area (Å²) in [6.45, 7) is 4.18. The second-order valence-corrected chi connectivity index (χ2v) is 11.7. The van der Waals surface area contributed by atoms with E-state index in [1.54, 1.807) is 20.8 Å². The first kappa shape index (κ1) is 38.9. The molecular formula is C29H36F6N8O6. The molecular weight excluding hydrogens is 670 g/mol. The Hall–Kier alpha value is -4.55. The number of alkyl halides is 3. The van der Waals surface area contributed by atoms with Gasteiger partial charge in [-0.15, -0.1) is 0 Å². The van der Waals surface area contributed by atoms with Gasteiger partial charge in [0.25, 0.3) is 5.91 Å². The number of aromatic nitrogens is 2. The number of nitrogens with zero attached hydrogens (tertiary/aromatic N) is 6. The smallest absolute Gasteiger partial charge is 0.444 e. The van der Waals surface area contributed by atoms with Crippen LogP contribution in [0.4, 0.5) is 31.1 Å². The Kier molecular flexibility index (Phi) is 13.7. The lowest BCUT2D eigenvalue weighted by Crippen LogP contribution is -2.46. The van der Waals surface area contributed by atoms with Crippen LogP contribution in [0.25, 0.3) is 10.4 Å². The molecule has 2 aromatic rings. The Morgan fingerprint density at radius 3 is 2.35 bits per heavy atom. The Bertz CT molecular complexity index is 1540. The van der Waals surface area contributed by atoms with Crippen LogP contribution in [0.3, 0.4) is 0 Å². The van der Waals surface area contributed by atoms with Crippen molar-refractivity contribution in [2.24, 2.45) is 5.11 Å². The van der Waals surface area contributed by atoms with E-state index in [4.69, 9.17) is 19.7 Å². The molecule has 2 heterocycles. The van der Waals surface area contributed by atoms with Crippen molar-refractivity contribution in [2.75, 3.05) is 46.1 Å². The zero-order valence-corrected chi connectivity index (χ0v) is 26.9. The first-order chi connectivity index (χ1) is 23.0. The van der Waals surface area contributed by atoms with E-state index in [0.29, 0.717) is 12.1 Å². The average molecular weight is 707 g/mol. The molecule has 1 aromatic heterocycles. The Balaban J connectivity index is 1.72. The Morgan fingerprint density at radius 2 is 1.69 bits per heavy atom. The molecule has 1 atom stereocenters. The molecule has 0 saturated carbocycles. The van der Waals surface area contributed by atoms with Gasteiger partial charge < -0.3 is 34.3 Å². The number of hydrogen-bond acceptors (Lipinski definition) is 8. The topological polar surface area (TPSA) is 173 Å². The van der Waals surface area contributed by atoms with Gasteiger partial charge in [0.05, 0.1) is 38.7 Å². The van der Waals surface area contributed by atoms with E-state index in [9.17, 15) is 40.7 Å². The molecule has 0 spiro atoms. The standard InChI is InChI=1S/C29H36F6N8O6/c1-28(2,3)49-27(46)39-18(12-17-13-20(31)21(32)15-19(17)30)14-23(44)42-6-7-43-22(16-42)24(40-26(43)29(33,34)35)25(45)37-4-8-47-10-11-48-9-5-38-41-36/h13,15,18H,4-12,14,16H2,1-3H3,(H,37,45)(H,39,46)/t18-/m1/s1. The van der Waals surface area contributed by atoms with Crippen LogP contribution in [0.2, 0.25) is 0 Å². The monoisotopic (exact) mass is 706 g/mol. The summed E-state index contributed by atoms with van der Waals surface area (Å²) in [5.74, 6) is -6.89. The molecule has 0 aliphatic carbocycles. The summed E-state index contributed by atoms with van der Waals surface area (Å²) in [6.07, 6.45) is -6.90. The van der Waals surface area contributed by atoms with Gasteiger partial charge in [-0.2, -0.15) is 13.2 Å². The predicted molar refractivity (Wildman–Crippen MR) is 158 cm³/mol. The second kappa shape index (κ2) is 17.2. The number of hydrogen-bond donors (Lipinski definition) is 2. The van der Waals surface area contributed by atoms with Crippen LogP contribution >= 0.6 is 0 Å². The van der Waals surface area contributed by atoms with Gasteiger partial charge in [0.2, 0.25) is 11.7 Å². The molecule has 3 rings (SSSR count). The second-order valence-electron chi connectivity index (χ2n) is 11.7. The predicted octanol–water partition coefficient (Wildman–Crippen LogP) is 4.26. The maximum absolute atomic E-state index is 14.5. The van der Waals surface area contributed by atoms with E-state index in [0.717, 1.165) is 9.47 Å². The van der Waals surface area contributed by atoms with Crippen molar-refractivity contribution < 1.29 is 54.9 Å². The highest BCUT2D eigenvalue weighted by Gasteiger charge is 2.42. The molecule has 0 fully saturated rings. The molecule has 270 valence electrons. The molecule has 1 aliphatic heterocycles. The molecule has 0 radical (unpaired) electrons. The molecule has 2 N–H and O–H groups in total. The van der Waals surface area contributed by atoms with Crippen LogP contribution in [-0.2, 0) is 44.7 Å². The quantitative estimate of drug-likeness (QED) is 0.0696. The number of carbonyl (C=O) groups excluding carboxylic acids is 3. The van der Waals surface area contributed by atoms with Crippen molar-refractivity contribution in [1.82, 2.24) is 25.1 Å². The van der Waals surface area contributed by atoms with Gasteiger partial charge in [-0.05, 0) is 44.4 Å². The zero-order chi connectivity index (χ0) is 36.4. The molecule has 14 nitrogen and oxygen atoms in total. The minimum atomic E-state index is -4.92. The molecule has 0 saturated heterocycles. The molecule has 3 amide bonds. The number of rotatable bonds is 15. The SMILES string of the molecule is CC(C)(C)OC(=O)N[C@@H](CC(=O)N1CCn2c(C(F)(F)F)nc(C(=O)NCCOCCOCCN=[N+]=[N-])c2C1)Cc1cc(F)c(F)cc1F. The van der Waals surface area contributed by atoms with Gasteiger partial charge in [-0.1, -0.05) is 5.11 Å². The van der Waals surface area contributed by atoms with E-state index in [1.165, 1.54) is 0 Å². The maximum Gasteiger partial charge on any atom is 0.449 e. The molecule has 1 aromatic carbocycles. The fourth-order valence-electron chi connectivity index (χ4n) is 4.75. The van der Waals surface area contributed by atoms with Crippen molar-refractivity contribution in [3.8, 4) is 0 Å². The third-order valence-corrected chi connectivity index (χ3v) is 6.83. The summed E-state index contributed by atoms with van der Waals surface area (Å²) in [5, 5.41) is 8.15. The van der Waals surface area contributed by atoms with E-state index in [1.807, 2.05) is 0 Å². The normalized spacial score (nSPS) is 13.7. The number of carbonyl (C=O) groups is 3. The van der Waals surface area contributed by atoms with Gasteiger partial charge in [-0.25, -0.2) is 22.9 Å². The molecule has 0 unspecified atom stereocenters. The Labute approximate surface area is 276 Å². The van der Waals surface area contributed by atoms with Crippen molar-refractivity contribution in [2.45, 2.75) is 64.5 Å². The lowest BCUT2D eigenvalue weighted by molar-refractivity contribution is -0.148. The van der Waals surface area contributed by atoms with Gasteiger partial charge in [-0.3, -0.25) is 9.59 Å². The first-order valence-corrected chi connectivity index (χ1v) is 15.0. The van der Waals surface area contributed by atoms with E-state index in [2.05, 4.69) is 25.6 Å². The number of nitrogens with one attached hydrogen (secondary N) is 2. The van der Waals surface area contributed by atoms with Crippen molar-refractivity contribution in [3.63, 3.8) is 0 Å². The van der Waals surface area contributed by atoms with Crippen LogP contribution < -0.4 is 10.6 Å². The summed E-state index contributed by atoms with van der Waals surface area (Å²) >= 11 is 0. The summed E-state index contributed by atoms with van der Waals surface area (Å²) < 4.78 is 99.9. The number of benzene rings is 1. The third kappa shape index (κ3) is 11.8. The minimum absolute atomic E-state index is 0.0111. The fraction of sp³-hybridized carbons (Fsp3) is 0.586. The lowest BCUT2D eigenvalue weighted by Gasteiger charge is -2.31. The van der Waals surface area contributed by atoms with Crippen LogP contribution in [0, 0.1) is 17.5 Å². The van der Waals surface area contributed by atoms with E-state index < -0.39 is 84.1 Å². The summed E-state index contributed by atoms with van der Waals surface area (Å²) in [6, 6.07) is -0.293. The fourth-order valence-corrected chi connectivity index (χ4v) is 4.75. The molecule has 1 aliphatic rings. The number of alkyl carbamates (subject to hydrolysis) is 1. The average Bonchev–Trinajstić information content (AvgIpc) is 3.39. The van der Waals surface area contributed by atoms with Crippen LogP contribution in [0.1, 0.15) is 54.8 Å². The summed E-state index contributed by atoms with van der Waals surface area (Å²) in [4.78, 5) is 46.2. The van der Waals surface area contributed by atoms with E-state index >= 15 is 0 Å². The van der Waals surface area contributed by atoms with Crippen LogP contribution in [0.15, 0.2) is 17.2 Å². The van der Waals surface area contributed by atoms with Crippen molar-refractivity contribution in [3.05, 3.63) is 62.8 Å². The van der Waals surface area contributed by atoms with Crippen LogP contribution in [-0.4, -0.2) is 90.1 Å². The number of halogens is 6.